The van der Waals surface area contributed by atoms with Crippen LogP contribution in [-0.2, 0) is 4.74 Å². The van der Waals surface area contributed by atoms with Gasteiger partial charge in [0.05, 0.1) is 12.3 Å². The predicted molar refractivity (Wildman–Crippen MR) is 93.3 cm³/mol. The molecule has 0 spiro atoms. The van der Waals surface area contributed by atoms with E-state index in [1.54, 1.807) is 24.3 Å². The van der Waals surface area contributed by atoms with E-state index >= 15 is 0 Å². The van der Waals surface area contributed by atoms with Gasteiger partial charge in [-0.1, -0.05) is 23.7 Å². The molecular weight excluding hydrogens is 344 g/mol. The molecule has 134 valence electrons. The van der Waals surface area contributed by atoms with Crippen molar-refractivity contribution >= 4 is 17.6 Å². The minimum atomic E-state index is -1.15. The van der Waals surface area contributed by atoms with Crippen LogP contribution in [0.5, 0.6) is 0 Å². The summed E-state index contributed by atoms with van der Waals surface area (Å²) in [6.07, 6.45) is -0.312. The lowest BCUT2D eigenvalue weighted by Crippen LogP contribution is -2.17. The number of hydrogen-bond acceptors (Lipinski definition) is 4. The fourth-order valence-electron chi connectivity index (χ4n) is 3.25. The first-order chi connectivity index (χ1) is 11.9. The van der Waals surface area contributed by atoms with Crippen LogP contribution in [0, 0.1) is 0 Å². The molecule has 2 N–H and O–H groups in total. The lowest BCUT2D eigenvalue weighted by molar-refractivity contribution is 0.0684. The zero-order valence-corrected chi connectivity index (χ0v) is 14.9. The van der Waals surface area contributed by atoms with Crippen LogP contribution in [0.2, 0.25) is 5.02 Å². The Bertz CT molecular complexity index is 764. The number of aliphatic hydroxyl groups excluding tert-OH is 1. The Kier molecular flexibility index (Phi) is 5.13. The Labute approximate surface area is 151 Å². The quantitative estimate of drug-likeness (QED) is 0.849. The lowest BCUT2D eigenvalue weighted by Gasteiger charge is -2.21. The van der Waals surface area contributed by atoms with Crippen LogP contribution in [0.15, 0.2) is 24.3 Å². The number of carbonyl (C=O) groups is 1. The van der Waals surface area contributed by atoms with Crippen molar-refractivity contribution < 1.29 is 19.7 Å². The van der Waals surface area contributed by atoms with Crippen molar-refractivity contribution in [3.63, 3.8) is 0 Å². The molecule has 0 bridgehead atoms. The topological polar surface area (TPSA) is 84.6 Å². The Balaban J connectivity index is 2.15. The van der Waals surface area contributed by atoms with E-state index in [0.29, 0.717) is 35.3 Å². The second-order valence-corrected chi connectivity index (χ2v) is 6.92. The predicted octanol–water partition coefficient (Wildman–Crippen LogP) is 3.40. The van der Waals surface area contributed by atoms with E-state index in [2.05, 4.69) is 4.98 Å². The third-order valence-electron chi connectivity index (χ3n) is 4.43. The minimum absolute atomic E-state index is 0.0340. The summed E-state index contributed by atoms with van der Waals surface area (Å²) in [6, 6.07) is 6.67. The van der Waals surface area contributed by atoms with E-state index in [4.69, 9.17) is 16.3 Å². The van der Waals surface area contributed by atoms with Crippen molar-refractivity contribution in [2.75, 3.05) is 13.2 Å². The van der Waals surface area contributed by atoms with Crippen LogP contribution >= 0.6 is 11.6 Å². The summed E-state index contributed by atoms with van der Waals surface area (Å²) >= 11 is 5.91. The molecule has 1 aliphatic rings. The van der Waals surface area contributed by atoms with Crippen LogP contribution in [-0.4, -0.2) is 38.9 Å². The van der Waals surface area contributed by atoms with E-state index in [0.717, 1.165) is 6.42 Å². The normalized spacial score (nSPS) is 18.7. The number of benzene rings is 1. The molecule has 2 unspecified atom stereocenters. The van der Waals surface area contributed by atoms with Crippen LogP contribution in [0.25, 0.3) is 0 Å². The van der Waals surface area contributed by atoms with Gasteiger partial charge in [-0.2, -0.15) is 0 Å². The van der Waals surface area contributed by atoms with Gasteiger partial charge in [0.1, 0.15) is 11.9 Å². The summed E-state index contributed by atoms with van der Waals surface area (Å²) in [7, 11) is 0. The molecule has 6 nitrogen and oxygen atoms in total. The first kappa shape index (κ1) is 17.9. The summed E-state index contributed by atoms with van der Waals surface area (Å²) in [4.78, 5) is 16.1. The number of carboxylic acids is 1. The molecule has 7 heteroatoms. The molecule has 1 aliphatic heterocycles. The second-order valence-electron chi connectivity index (χ2n) is 6.49. The van der Waals surface area contributed by atoms with Crippen molar-refractivity contribution in [2.45, 2.75) is 38.3 Å². The maximum atomic E-state index is 11.8. The third-order valence-corrected chi connectivity index (χ3v) is 4.69. The fraction of sp³-hybridized carbons (Fsp3) is 0.444. The molecule has 3 rings (SSSR count). The monoisotopic (exact) mass is 364 g/mol. The van der Waals surface area contributed by atoms with Crippen molar-refractivity contribution in [2.24, 2.45) is 0 Å². The largest absolute Gasteiger partial charge is 0.476 e. The number of hydrogen-bond donors (Lipinski definition) is 2. The van der Waals surface area contributed by atoms with Gasteiger partial charge in [0, 0.05) is 23.6 Å². The number of nitrogens with zero attached hydrogens (tertiary/aromatic N) is 2. The van der Waals surface area contributed by atoms with E-state index in [-0.39, 0.29) is 17.7 Å². The highest BCUT2D eigenvalue weighted by Gasteiger charge is 2.33. The van der Waals surface area contributed by atoms with Crippen LogP contribution < -0.4 is 0 Å². The van der Waals surface area contributed by atoms with Gasteiger partial charge in [-0.05, 0) is 38.0 Å². The molecule has 1 saturated heterocycles. The summed E-state index contributed by atoms with van der Waals surface area (Å²) in [5.41, 5.74) is 0.757. The first-order valence-corrected chi connectivity index (χ1v) is 8.64. The molecule has 2 atom stereocenters. The number of ether oxygens (including phenoxy) is 1. The van der Waals surface area contributed by atoms with Gasteiger partial charge < -0.3 is 19.5 Å². The second kappa shape index (κ2) is 7.15. The van der Waals surface area contributed by atoms with E-state index in [1.165, 1.54) is 0 Å². The maximum Gasteiger partial charge on any atom is 0.356 e. The third kappa shape index (κ3) is 3.42. The fourth-order valence-corrected chi connectivity index (χ4v) is 3.38. The molecule has 0 amide bonds. The summed E-state index contributed by atoms with van der Waals surface area (Å²) in [5, 5.41) is 21.1. The molecule has 25 heavy (non-hydrogen) atoms. The Morgan fingerprint density at radius 3 is 2.56 bits per heavy atom. The lowest BCUT2D eigenvalue weighted by atomic mass is 10.0. The Hall–Kier alpha value is -1.89. The van der Waals surface area contributed by atoms with Gasteiger partial charge in [0.25, 0.3) is 0 Å². The molecule has 1 fully saturated rings. The maximum absolute atomic E-state index is 11.8. The first-order valence-electron chi connectivity index (χ1n) is 8.26. The number of carboxylic acid groups (broad SMARTS) is 1. The number of aromatic carboxylic acids is 1. The molecule has 1 aromatic heterocycles. The number of rotatable bonds is 5. The van der Waals surface area contributed by atoms with Crippen LogP contribution in [0.3, 0.4) is 0 Å². The molecule has 2 heterocycles. The Morgan fingerprint density at radius 2 is 2.04 bits per heavy atom. The average Bonchev–Trinajstić information content (AvgIpc) is 3.22. The van der Waals surface area contributed by atoms with Crippen molar-refractivity contribution in [3.8, 4) is 0 Å². The molecule has 0 radical (unpaired) electrons. The van der Waals surface area contributed by atoms with E-state index in [9.17, 15) is 15.0 Å². The summed E-state index contributed by atoms with van der Waals surface area (Å²) in [6.45, 7) is 5.04. The highest BCUT2D eigenvalue weighted by Crippen LogP contribution is 2.34. The van der Waals surface area contributed by atoms with Gasteiger partial charge in [-0.25, -0.2) is 9.78 Å². The Morgan fingerprint density at radius 1 is 1.36 bits per heavy atom. The summed E-state index contributed by atoms with van der Waals surface area (Å²) < 4.78 is 7.27. The van der Waals surface area contributed by atoms with Gasteiger partial charge in [-0.15, -0.1) is 0 Å². The number of aliphatic hydroxyl groups is 1. The smallest absolute Gasteiger partial charge is 0.356 e. The summed E-state index contributed by atoms with van der Waals surface area (Å²) in [5.74, 6) is -0.456. The van der Waals surface area contributed by atoms with Crippen LogP contribution in [0.1, 0.15) is 65.9 Å². The number of aromatic nitrogens is 2. The molecular formula is C18H21ClN2O4. The average molecular weight is 365 g/mol. The van der Waals surface area contributed by atoms with Crippen molar-refractivity contribution in [3.05, 3.63) is 52.1 Å². The zero-order valence-electron chi connectivity index (χ0n) is 14.1. The number of imidazole rings is 1. The highest BCUT2D eigenvalue weighted by atomic mass is 35.5. The van der Waals surface area contributed by atoms with Gasteiger partial charge in [0.15, 0.2) is 5.69 Å². The highest BCUT2D eigenvalue weighted by molar-refractivity contribution is 6.30. The molecule has 1 aromatic carbocycles. The standard InChI is InChI=1S/C18H21ClN2O4/c1-10(2)21-15(16(22)11-3-5-13(19)6-4-11)14(18(23)24)20-17(21)12-7-8-25-9-12/h3-6,10,12,16,22H,7-9H2,1-2H3,(H,23,24). The van der Waals surface area contributed by atoms with E-state index in [1.807, 2.05) is 18.4 Å². The molecule has 0 saturated carbocycles. The number of halogens is 1. The minimum Gasteiger partial charge on any atom is -0.476 e. The molecule has 0 aliphatic carbocycles. The zero-order chi connectivity index (χ0) is 18.1. The van der Waals surface area contributed by atoms with Crippen molar-refractivity contribution in [1.82, 2.24) is 9.55 Å². The SMILES string of the molecule is CC(C)n1c(C2CCOC2)nc(C(=O)O)c1C(O)c1ccc(Cl)cc1. The van der Waals surface area contributed by atoms with Gasteiger partial charge in [-0.3, -0.25) is 0 Å². The van der Waals surface area contributed by atoms with Gasteiger partial charge >= 0.3 is 5.97 Å². The molecule has 2 aromatic rings. The van der Waals surface area contributed by atoms with E-state index < -0.39 is 12.1 Å². The van der Waals surface area contributed by atoms with Crippen molar-refractivity contribution in [1.29, 1.82) is 0 Å². The van der Waals surface area contributed by atoms with Gasteiger partial charge in [0.2, 0.25) is 0 Å². The van der Waals surface area contributed by atoms with Crippen LogP contribution in [0.4, 0.5) is 0 Å².